The van der Waals surface area contributed by atoms with E-state index in [4.69, 9.17) is 0 Å². The van der Waals surface area contributed by atoms with Crippen molar-refractivity contribution in [3.63, 3.8) is 0 Å². The van der Waals surface area contributed by atoms with Crippen molar-refractivity contribution in [1.82, 2.24) is 5.32 Å². The van der Waals surface area contributed by atoms with Crippen molar-refractivity contribution in [1.29, 1.82) is 0 Å². The molecule has 0 saturated carbocycles. The Hall–Kier alpha value is -0.410. The molecule has 90 valence electrons. The zero-order valence-corrected chi connectivity index (χ0v) is 11.5. The minimum atomic E-state index is -0.140. The van der Waals surface area contributed by atoms with Crippen LogP contribution in [0.3, 0.4) is 0 Å². The summed E-state index contributed by atoms with van der Waals surface area (Å²) in [5.41, 5.74) is 0.720. The van der Waals surface area contributed by atoms with Gasteiger partial charge < -0.3 is 5.32 Å². The van der Waals surface area contributed by atoms with Crippen molar-refractivity contribution in [2.24, 2.45) is 5.92 Å². The first-order valence-electron chi connectivity index (χ1n) is 5.78. The van der Waals surface area contributed by atoms with Gasteiger partial charge in [-0.3, -0.25) is 0 Å². The summed E-state index contributed by atoms with van der Waals surface area (Å²) < 4.78 is 14.3. The summed E-state index contributed by atoms with van der Waals surface area (Å²) in [5.74, 6) is 0.513. The minimum Gasteiger partial charge on any atom is -0.312 e. The van der Waals surface area contributed by atoms with Crippen LogP contribution < -0.4 is 5.32 Å². The number of hydrogen-bond donors (Lipinski definition) is 1. The maximum atomic E-state index is 13.4. The Morgan fingerprint density at radius 2 is 2.19 bits per heavy atom. The summed E-state index contributed by atoms with van der Waals surface area (Å²) in [6.45, 7) is 5.94. The molecule has 0 radical (unpaired) electrons. The lowest BCUT2D eigenvalue weighted by atomic mass is 10.1. The van der Waals surface area contributed by atoms with E-state index in [9.17, 15) is 4.39 Å². The highest BCUT2D eigenvalue weighted by Gasteiger charge is 2.04. The molecule has 1 rings (SSSR count). The fourth-order valence-electron chi connectivity index (χ4n) is 1.73. The number of benzene rings is 1. The van der Waals surface area contributed by atoms with Crippen molar-refractivity contribution >= 4 is 15.9 Å². The van der Waals surface area contributed by atoms with Crippen molar-refractivity contribution in [2.75, 3.05) is 6.54 Å². The number of rotatable bonds is 6. The van der Waals surface area contributed by atoms with E-state index in [1.54, 1.807) is 6.07 Å². The standard InChI is InChI=1S/C13H19BrFN/c1-3-4-10(2)8-16-9-11-7-12(14)5-6-13(11)15/h5-7,10,16H,3-4,8-9H2,1-2H3. The van der Waals surface area contributed by atoms with Gasteiger partial charge in [-0.2, -0.15) is 0 Å². The molecule has 1 aromatic carbocycles. The van der Waals surface area contributed by atoms with Gasteiger partial charge in [0.05, 0.1) is 0 Å². The van der Waals surface area contributed by atoms with Gasteiger partial charge in [-0.05, 0) is 37.1 Å². The molecule has 0 aliphatic carbocycles. The summed E-state index contributed by atoms with van der Waals surface area (Å²) in [6.07, 6.45) is 2.42. The molecule has 0 spiro atoms. The summed E-state index contributed by atoms with van der Waals surface area (Å²) in [7, 11) is 0. The van der Waals surface area contributed by atoms with Gasteiger partial charge in [-0.1, -0.05) is 36.2 Å². The van der Waals surface area contributed by atoms with Gasteiger partial charge in [0, 0.05) is 16.6 Å². The Morgan fingerprint density at radius 3 is 2.88 bits per heavy atom. The Morgan fingerprint density at radius 1 is 1.44 bits per heavy atom. The zero-order valence-electron chi connectivity index (χ0n) is 9.89. The lowest BCUT2D eigenvalue weighted by molar-refractivity contribution is 0.471. The molecule has 0 amide bonds. The number of hydrogen-bond acceptors (Lipinski definition) is 1. The van der Waals surface area contributed by atoms with E-state index in [-0.39, 0.29) is 5.82 Å². The average Bonchev–Trinajstić information content (AvgIpc) is 2.23. The average molecular weight is 288 g/mol. The highest BCUT2D eigenvalue weighted by molar-refractivity contribution is 9.10. The minimum absolute atomic E-state index is 0.140. The fourth-order valence-corrected chi connectivity index (χ4v) is 2.14. The van der Waals surface area contributed by atoms with Crippen LogP contribution in [0.5, 0.6) is 0 Å². The number of halogens is 2. The van der Waals surface area contributed by atoms with Gasteiger partial charge in [0.1, 0.15) is 5.82 Å². The van der Waals surface area contributed by atoms with E-state index in [2.05, 4.69) is 35.1 Å². The summed E-state index contributed by atoms with van der Waals surface area (Å²) >= 11 is 3.35. The lowest BCUT2D eigenvalue weighted by Gasteiger charge is -2.11. The molecule has 1 aromatic rings. The smallest absolute Gasteiger partial charge is 0.127 e. The van der Waals surface area contributed by atoms with Gasteiger partial charge in [0.15, 0.2) is 0 Å². The zero-order chi connectivity index (χ0) is 12.0. The van der Waals surface area contributed by atoms with Crippen LogP contribution in [-0.4, -0.2) is 6.54 Å². The predicted molar refractivity (Wildman–Crippen MR) is 69.9 cm³/mol. The van der Waals surface area contributed by atoms with Crippen LogP contribution in [0.2, 0.25) is 0 Å². The second-order valence-corrected chi connectivity index (χ2v) is 5.18. The molecule has 0 aromatic heterocycles. The fraction of sp³-hybridized carbons (Fsp3) is 0.538. The van der Waals surface area contributed by atoms with Crippen LogP contribution >= 0.6 is 15.9 Å². The molecular formula is C13H19BrFN. The maximum absolute atomic E-state index is 13.4. The Kier molecular flexibility index (Phi) is 5.99. The molecule has 1 atom stereocenters. The molecule has 0 heterocycles. The van der Waals surface area contributed by atoms with Gasteiger partial charge in [0.2, 0.25) is 0 Å². The monoisotopic (exact) mass is 287 g/mol. The van der Waals surface area contributed by atoms with Crippen LogP contribution in [0.25, 0.3) is 0 Å². The Bertz CT molecular complexity index is 328. The normalized spacial score (nSPS) is 12.8. The van der Waals surface area contributed by atoms with E-state index in [0.717, 1.165) is 16.6 Å². The third-order valence-electron chi connectivity index (χ3n) is 2.60. The van der Waals surface area contributed by atoms with Gasteiger partial charge in [-0.25, -0.2) is 4.39 Å². The van der Waals surface area contributed by atoms with Crippen molar-refractivity contribution in [3.05, 3.63) is 34.1 Å². The molecule has 3 heteroatoms. The van der Waals surface area contributed by atoms with Crippen LogP contribution in [-0.2, 0) is 6.54 Å². The largest absolute Gasteiger partial charge is 0.312 e. The second-order valence-electron chi connectivity index (χ2n) is 4.26. The van der Waals surface area contributed by atoms with E-state index in [1.165, 1.54) is 18.9 Å². The van der Waals surface area contributed by atoms with Crippen LogP contribution in [0, 0.1) is 11.7 Å². The van der Waals surface area contributed by atoms with Crippen LogP contribution in [0.15, 0.2) is 22.7 Å². The van der Waals surface area contributed by atoms with Gasteiger partial charge >= 0.3 is 0 Å². The van der Waals surface area contributed by atoms with E-state index < -0.39 is 0 Å². The van der Waals surface area contributed by atoms with E-state index in [0.29, 0.717) is 12.5 Å². The predicted octanol–water partition coefficient (Wildman–Crippen LogP) is 4.11. The van der Waals surface area contributed by atoms with E-state index in [1.807, 2.05) is 6.07 Å². The lowest BCUT2D eigenvalue weighted by Crippen LogP contribution is -2.21. The molecule has 1 nitrogen and oxygen atoms in total. The molecule has 0 bridgehead atoms. The van der Waals surface area contributed by atoms with Crippen molar-refractivity contribution in [3.8, 4) is 0 Å². The number of nitrogens with one attached hydrogen (secondary N) is 1. The molecule has 0 saturated heterocycles. The highest BCUT2D eigenvalue weighted by atomic mass is 79.9. The van der Waals surface area contributed by atoms with Crippen molar-refractivity contribution < 1.29 is 4.39 Å². The molecule has 1 N–H and O–H groups in total. The van der Waals surface area contributed by atoms with Crippen LogP contribution in [0.4, 0.5) is 4.39 Å². The summed E-state index contributed by atoms with van der Waals surface area (Å²) in [5, 5.41) is 3.29. The topological polar surface area (TPSA) is 12.0 Å². The third kappa shape index (κ3) is 4.62. The van der Waals surface area contributed by atoms with Crippen molar-refractivity contribution in [2.45, 2.75) is 33.2 Å². The summed E-state index contributed by atoms with van der Waals surface area (Å²) in [4.78, 5) is 0. The highest BCUT2D eigenvalue weighted by Crippen LogP contribution is 2.15. The second kappa shape index (κ2) is 7.02. The molecule has 1 unspecified atom stereocenters. The Balaban J connectivity index is 2.39. The molecule has 16 heavy (non-hydrogen) atoms. The first-order valence-corrected chi connectivity index (χ1v) is 6.57. The third-order valence-corrected chi connectivity index (χ3v) is 3.09. The first kappa shape index (κ1) is 13.7. The quantitative estimate of drug-likeness (QED) is 0.830. The molecule has 0 fully saturated rings. The summed E-state index contributed by atoms with van der Waals surface area (Å²) in [6, 6.07) is 5.04. The van der Waals surface area contributed by atoms with E-state index >= 15 is 0 Å². The first-order chi connectivity index (χ1) is 7.63. The maximum Gasteiger partial charge on any atom is 0.127 e. The van der Waals surface area contributed by atoms with Crippen LogP contribution in [0.1, 0.15) is 32.3 Å². The Labute approximate surface area is 106 Å². The SMILES string of the molecule is CCCC(C)CNCc1cc(Br)ccc1F. The van der Waals surface area contributed by atoms with Gasteiger partial charge in [0.25, 0.3) is 0 Å². The molecule has 0 aliphatic heterocycles. The molecule has 0 aliphatic rings. The molecular weight excluding hydrogens is 269 g/mol. The van der Waals surface area contributed by atoms with Gasteiger partial charge in [-0.15, -0.1) is 0 Å².